The number of anilines is 1. The normalized spacial score (nSPS) is 18.2. The third-order valence-electron chi connectivity index (χ3n) is 4.30. The van der Waals surface area contributed by atoms with Gasteiger partial charge in [-0.2, -0.15) is 5.10 Å². The molecule has 0 radical (unpaired) electrons. The summed E-state index contributed by atoms with van der Waals surface area (Å²) in [7, 11) is 0. The number of rotatable bonds is 3. The minimum absolute atomic E-state index is 0.107. The molecule has 7 heteroatoms. The van der Waals surface area contributed by atoms with E-state index < -0.39 is 0 Å². The number of nitrogens with two attached hydrogens (primary N) is 1. The first kappa shape index (κ1) is 15.5. The summed E-state index contributed by atoms with van der Waals surface area (Å²) in [6, 6.07) is 2.16. The van der Waals surface area contributed by atoms with Crippen molar-refractivity contribution in [2.75, 3.05) is 12.3 Å². The highest BCUT2D eigenvalue weighted by Gasteiger charge is 2.30. The number of hydrogen-bond acceptors (Lipinski definition) is 5. The van der Waals surface area contributed by atoms with Crippen LogP contribution in [0.2, 0.25) is 0 Å². The van der Waals surface area contributed by atoms with Crippen molar-refractivity contribution in [3.05, 3.63) is 35.5 Å². The van der Waals surface area contributed by atoms with E-state index >= 15 is 0 Å². The third kappa shape index (κ3) is 3.18. The molecule has 1 fully saturated rings. The van der Waals surface area contributed by atoms with E-state index in [2.05, 4.69) is 21.1 Å². The predicted molar refractivity (Wildman–Crippen MR) is 86.8 cm³/mol. The molecular weight excluding hydrogens is 292 g/mol. The minimum atomic E-state index is -0.137. The molecule has 0 spiro atoms. The molecule has 1 atom stereocenters. The van der Waals surface area contributed by atoms with Crippen molar-refractivity contribution in [2.45, 2.75) is 45.7 Å². The fourth-order valence-electron chi connectivity index (χ4n) is 3.17. The van der Waals surface area contributed by atoms with Gasteiger partial charge in [0.05, 0.1) is 18.3 Å². The van der Waals surface area contributed by atoms with Crippen molar-refractivity contribution in [3.8, 4) is 0 Å². The van der Waals surface area contributed by atoms with Gasteiger partial charge in [-0.3, -0.25) is 9.48 Å². The number of nitrogen functional groups attached to an aromatic ring is 1. The van der Waals surface area contributed by atoms with Crippen molar-refractivity contribution >= 4 is 11.7 Å². The Bertz CT molecular complexity index is 710. The molecule has 1 amide bonds. The Morgan fingerprint density at radius 1 is 1.30 bits per heavy atom. The van der Waals surface area contributed by atoms with Gasteiger partial charge in [-0.25, -0.2) is 9.97 Å². The molecule has 7 nitrogen and oxygen atoms in total. The van der Waals surface area contributed by atoms with Crippen molar-refractivity contribution in [1.29, 1.82) is 0 Å². The Morgan fingerprint density at radius 3 is 2.78 bits per heavy atom. The van der Waals surface area contributed by atoms with Crippen LogP contribution in [0, 0.1) is 13.8 Å². The summed E-state index contributed by atoms with van der Waals surface area (Å²) in [6.07, 6.45) is 6.08. The van der Waals surface area contributed by atoms with Gasteiger partial charge in [-0.1, -0.05) is 0 Å². The van der Waals surface area contributed by atoms with Crippen molar-refractivity contribution in [2.24, 2.45) is 0 Å². The third-order valence-corrected chi connectivity index (χ3v) is 4.30. The van der Waals surface area contributed by atoms with Gasteiger partial charge in [0.2, 0.25) is 0 Å². The zero-order valence-corrected chi connectivity index (χ0v) is 13.6. The molecule has 0 saturated carbocycles. The average Bonchev–Trinajstić information content (AvgIpc) is 2.85. The summed E-state index contributed by atoms with van der Waals surface area (Å²) in [6.45, 7) is 5.44. The number of likely N-dealkylation sites (tertiary alicyclic amines) is 1. The molecule has 1 aliphatic rings. The van der Waals surface area contributed by atoms with Gasteiger partial charge in [0.25, 0.3) is 5.91 Å². The largest absolute Gasteiger partial charge is 0.382 e. The second kappa shape index (κ2) is 6.36. The van der Waals surface area contributed by atoms with Crippen LogP contribution in [-0.2, 0) is 6.54 Å². The molecule has 1 aliphatic heterocycles. The number of carbonyl (C=O) groups excluding carboxylic acids is 1. The van der Waals surface area contributed by atoms with Gasteiger partial charge in [0.1, 0.15) is 0 Å². The number of amides is 1. The van der Waals surface area contributed by atoms with E-state index in [1.54, 1.807) is 0 Å². The molecule has 23 heavy (non-hydrogen) atoms. The van der Waals surface area contributed by atoms with Crippen LogP contribution >= 0.6 is 0 Å². The lowest BCUT2D eigenvalue weighted by Crippen LogP contribution is -2.46. The molecule has 0 bridgehead atoms. The Labute approximate surface area is 135 Å². The molecule has 0 aliphatic carbocycles. The Balaban J connectivity index is 1.83. The topological polar surface area (TPSA) is 89.9 Å². The standard InChI is InChI=1S/C16H22N6O/c1-11-9-12(2)22(20-11)10-13-5-3-4-8-21(13)16(23)14-15(17)19-7-6-18-14/h6-7,9,13H,3-5,8,10H2,1-2H3,(H2,17,19)/t13-/m1/s1. The maximum absolute atomic E-state index is 12.8. The van der Waals surface area contributed by atoms with Crippen molar-refractivity contribution in [3.63, 3.8) is 0 Å². The highest BCUT2D eigenvalue weighted by Crippen LogP contribution is 2.22. The molecule has 2 N–H and O–H groups in total. The van der Waals surface area contributed by atoms with Crippen LogP contribution in [0.4, 0.5) is 5.82 Å². The summed E-state index contributed by atoms with van der Waals surface area (Å²) in [5, 5.41) is 4.51. The lowest BCUT2D eigenvalue weighted by molar-refractivity contribution is 0.0577. The number of aryl methyl sites for hydroxylation is 2. The maximum Gasteiger partial charge on any atom is 0.276 e. The number of aromatic nitrogens is 4. The van der Waals surface area contributed by atoms with Crippen LogP contribution in [0.3, 0.4) is 0 Å². The SMILES string of the molecule is Cc1cc(C)n(C[C@H]2CCCCN2C(=O)c2nccnc2N)n1. The monoisotopic (exact) mass is 314 g/mol. The first-order valence-corrected chi connectivity index (χ1v) is 7.95. The van der Waals surface area contributed by atoms with Crippen LogP contribution in [0.15, 0.2) is 18.5 Å². The molecule has 122 valence electrons. The van der Waals surface area contributed by atoms with Gasteiger partial charge in [-0.05, 0) is 39.2 Å². The van der Waals surface area contributed by atoms with E-state index in [-0.39, 0.29) is 23.5 Å². The number of carbonyl (C=O) groups is 1. The molecule has 0 unspecified atom stereocenters. The lowest BCUT2D eigenvalue weighted by Gasteiger charge is -2.35. The van der Waals surface area contributed by atoms with Crippen LogP contribution in [0.1, 0.15) is 41.1 Å². The summed E-state index contributed by atoms with van der Waals surface area (Å²) in [5.41, 5.74) is 8.16. The second-order valence-electron chi connectivity index (χ2n) is 6.05. The van der Waals surface area contributed by atoms with E-state index in [1.165, 1.54) is 12.4 Å². The van der Waals surface area contributed by atoms with E-state index in [9.17, 15) is 4.79 Å². The molecule has 2 aromatic rings. The maximum atomic E-state index is 12.8. The number of piperidine rings is 1. The van der Waals surface area contributed by atoms with Crippen LogP contribution in [-0.4, -0.2) is 43.1 Å². The molecular formula is C16H22N6O. The van der Waals surface area contributed by atoms with Crippen molar-refractivity contribution in [1.82, 2.24) is 24.6 Å². The fourth-order valence-corrected chi connectivity index (χ4v) is 3.17. The van der Waals surface area contributed by atoms with Crippen LogP contribution < -0.4 is 5.73 Å². The number of nitrogens with zero attached hydrogens (tertiary/aromatic N) is 5. The minimum Gasteiger partial charge on any atom is -0.382 e. The zero-order chi connectivity index (χ0) is 16.4. The van der Waals surface area contributed by atoms with Crippen molar-refractivity contribution < 1.29 is 4.79 Å². The van der Waals surface area contributed by atoms with Gasteiger partial charge in [-0.15, -0.1) is 0 Å². The molecule has 3 rings (SSSR count). The highest BCUT2D eigenvalue weighted by atomic mass is 16.2. The first-order chi connectivity index (χ1) is 11.1. The van der Waals surface area contributed by atoms with E-state index in [1.807, 2.05) is 23.4 Å². The zero-order valence-electron chi connectivity index (χ0n) is 13.6. The van der Waals surface area contributed by atoms with Gasteiger partial charge in [0.15, 0.2) is 11.5 Å². The Morgan fingerprint density at radius 2 is 2.09 bits per heavy atom. The quantitative estimate of drug-likeness (QED) is 0.928. The number of hydrogen-bond donors (Lipinski definition) is 1. The average molecular weight is 314 g/mol. The van der Waals surface area contributed by atoms with Gasteiger partial charge < -0.3 is 10.6 Å². The molecule has 2 aromatic heterocycles. The highest BCUT2D eigenvalue weighted by molar-refractivity contribution is 5.96. The van der Waals surface area contributed by atoms with Gasteiger partial charge >= 0.3 is 0 Å². The molecule has 3 heterocycles. The van der Waals surface area contributed by atoms with Crippen LogP contribution in [0.5, 0.6) is 0 Å². The van der Waals surface area contributed by atoms with E-state index in [0.29, 0.717) is 6.54 Å². The molecule has 1 saturated heterocycles. The predicted octanol–water partition coefficient (Wildman–Crippen LogP) is 1.57. The molecule has 0 aromatic carbocycles. The van der Waals surface area contributed by atoms with E-state index in [4.69, 9.17) is 5.73 Å². The summed E-state index contributed by atoms with van der Waals surface area (Å²) >= 11 is 0. The summed E-state index contributed by atoms with van der Waals surface area (Å²) in [4.78, 5) is 22.8. The van der Waals surface area contributed by atoms with Gasteiger partial charge in [0, 0.05) is 24.6 Å². The van der Waals surface area contributed by atoms with E-state index in [0.717, 1.165) is 37.2 Å². The Kier molecular flexibility index (Phi) is 4.27. The summed E-state index contributed by atoms with van der Waals surface area (Å²) < 4.78 is 1.98. The first-order valence-electron chi connectivity index (χ1n) is 7.95. The Hall–Kier alpha value is -2.44. The lowest BCUT2D eigenvalue weighted by atomic mass is 10.0. The smallest absolute Gasteiger partial charge is 0.276 e. The summed E-state index contributed by atoms with van der Waals surface area (Å²) in [5.74, 6) is 0.0507. The second-order valence-corrected chi connectivity index (χ2v) is 6.05. The fraction of sp³-hybridized carbons (Fsp3) is 0.500. The van der Waals surface area contributed by atoms with Crippen LogP contribution in [0.25, 0.3) is 0 Å².